The second-order valence-corrected chi connectivity index (χ2v) is 4.85. The number of ether oxygens (including phenoxy) is 2. The molecule has 1 N–H and O–H groups in total. The van der Waals surface area contributed by atoms with Crippen LogP contribution in [0.3, 0.4) is 0 Å². The zero-order valence-electron chi connectivity index (χ0n) is 10.6. The summed E-state index contributed by atoms with van der Waals surface area (Å²) in [6.45, 7) is 5.08. The van der Waals surface area contributed by atoms with Crippen LogP contribution in [0.2, 0.25) is 0 Å². The quantitative estimate of drug-likeness (QED) is 0.493. The monoisotopic (exact) mass is 249 g/mol. The second kappa shape index (κ2) is 9.93. The van der Waals surface area contributed by atoms with Crippen molar-refractivity contribution in [2.45, 2.75) is 32.4 Å². The molecule has 0 aliphatic rings. The summed E-state index contributed by atoms with van der Waals surface area (Å²) in [6.07, 6.45) is 0.714. The molecule has 0 amide bonds. The fraction of sp³-hybridized carbons (Fsp3) is 0.909. The lowest BCUT2D eigenvalue weighted by atomic mass is 10.2. The van der Waals surface area contributed by atoms with Crippen LogP contribution in [0.25, 0.3) is 0 Å². The third kappa shape index (κ3) is 7.96. The molecule has 2 unspecified atom stereocenters. The molecular weight excluding hydrogens is 226 g/mol. The van der Waals surface area contributed by atoms with Crippen LogP contribution in [-0.4, -0.2) is 50.4 Å². The van der Waals surface area contributed by atoms with Gasteiger partial charge in [-0.15, -0.1) is 0 Å². The second-order valence-electron chi connectivity index (χ2n) is 3.62. The molecule has 4 nitrogen and oxygen atoms in total. The predicted octanol–water partition coefficient (Wildman–Crippen LogP) is 1.30. The molecular formula is C11H23NO3S. The number of hydrogen-bond acceptors (Lipinski definition) is 5. The zero-order valence-corrected chi connectivity index (χ0v) is 11.4. The average Bonchev–Trinajstić information content (AvgIpc) is 2.31. The smallest absolute Gasteiger partial charge is 0.306 e. The van der Waals surface area contributed by atoms with Crippen molar-refractivity contribution in [3.63, 3.8) is 0 Å². The normalized spacial score (nSPS) is 14.5. The average molecular weight is 249 g/mol. The van der Waals surface area contributed by atoms with E-state index in [1.54, 1.807) is 18.9 Å². The van der Waals surface area contributed by atoms with Gasteiger partial charge in [-0.1, -0.05) is 0 Å². The molecule has 0 aromatic carbocycles. The Balaban J connectivity index is 3.30. The van der Waals surface area contributed by atoms with E-state index in [1.807, 2.05) is 6.92 Å². The number of esters is 1. The van der Waals surface area contributed by atoms with Gasteiger partial charge in [0.15, 0.2) is 0 Å². The maximum absolute atomic E-state index is 10.8. The van der Waals surface area contributed by atoms with Crippen LogP contribution in [0.4, 0.5) is 0 Å². The zero-order chi connectivity index (χ0) is 12.4. The topological polar surface area (TPSA) is 47.6 Å². The first kappa shape index (κ1) is 15.7. The molecule has 0 aromatic rings. The van der Waals surface area contributed by atoms with Gasteiger partial charge in [-0.25, -0.2) is 0 Å². The number of rotatable bonds is 9. The van der Waals surface area contributed by atoms with E-state index in [2.05, 4.69) is 17.0 Å². The van der Waals surface area contributed by atoms with Crippen LogP contribution in [0.5, 0.6) is 0 Å². The summed E-state index contributed by atoms with van der Waals surface area (Å²) in [5.41, 5.74) is 0. The molecule has 96 valence electrons. The molecule has 0 radical (unpaired) electrons. The van der Waals surface area contributed by atoms with Crippen LogP contribution in [0, 0.1) is 0 Å². The van der Waals surface area contributed by atoms with Crippen molar-refractivity contribution < 1.29 is 14.3 Å². The lowest BCUT2D eigenvalue weighted by molar-refractivity contribution is -0.140. The van der Waals surface area contributed by atoms with Gasteiger partial charge in [0.2, 0.25) is 0 Å². The number of thioether (sulfide) groups is 1. The Labute approximate surface area is 102 Å². The molecule has 0 fully saturated rings. The van der Waals surface area contributed by atoms with E-state index in [0.29, 0.717) is 12.5 Å². The van der Waals surface area contributed by atoms with E-state index in [0.717, 1.165) is 18.1 Å². The van der Waals surface area contributed by atoms with E-state index < -0.39 is 0 Å². The predicted molar refractivity (Wildman–Crippen MR) is 67.9 cm³/mol. The Kier molecular flexibility index (Phi) is 9.77. The van der Waals surface area contributed by atoms with Crippen LogP contribution >= 0.6 is 11.8 Å². The molecule has 2 atom stereocenters. The minimum atomic E-state index is -0.137. The first-order chi connectivity index (χ1) is 7.61. The summed E-state index contributed by atoms with van der Waals surface area (Å²) in [6, 6.07) is 0.353. The third-order valence-electron chi connectivity index (χ3n) is 2.47. The molecule has 0 aromatic heterocycles. The van der Waals surface area contributed by atoms with Gasteiger partial charge in [0.25, 0.3) is 0 Å². The highest BCUT2D eigenvalue weighted by Crippen LogP contribution is 2.03. The summed E-state index contributed by atoms with van der Waals surface area (Å²) in [5.74, 6) is 1.68. The van der Waals surface area contributed by atoms with Crippen LogP contribution < -0.4 is 5.32 Å². The molecule has 0 aliphatic carbocycles. The first-order valence-electron chi connectivity index (χ1n) is 5.52. The van der Waals surface area contributed by atoms with E-state index in [1.165, 1.54) is 7.11 Å². The Morgan fingerprint density at radius 3 is 2.56 bits per heavy atom. The number of carbonyl (C=O) groups is 1. The highest BCUT2D eigenvalue weighted by Gasteiger charge is 2.09. The van der Waals surface area contributed by atoms with Crippen molar-refractivity contribution in [1.29, 1.82) is 0 Å². The summed E-state index contributed by atoms with van der Waals surface area (Å²) in [5, 5.41) is 3.37. The minimum Gasteiger partial charge on any atom is -0.469 e. The van der Waals surface area contributed by atoms with Crippen molar-refractivity contribution in [3.8, 4) is 0 Å². The maximum atomic E-state index is 10.8. The van der Waals surface area contributed by atoms with Crippen molar-refractivity contribution >= 4 is 17.7 Å². The van der Waals surface area contributed by atoms with Gasteiger partial charge in [0.1, 0.15) is 0 Å². The van der Waals surface area contributed by atoms with E-state index in [-0.39, 0.29) is 12.1 Å². The summed E-state index contributed by atoms with van der Waals surface area (Å²) in [7, 11) is 3.14. The molecule has 0 spiro atoms. The van der Waals surface area contributed by atoms with Crippen molar-refractivity contribution in [2.24, 2.45) is 0 Å². The van der Waals surface area contributed by atoms with Crippen LogP contribution in [0.1, 0.15) is 20.3 Å². The Morgan fingerprint density at radius 1 is 1.31 bits per heavy atom. The van der Waals surface area contributed by atoms with Gasteiger partial charge in [0, 0.05) is 31.2 Å². The van der Waals surface area contributed by atoms with E-state index >= 15 is 0 Å². The molecule has 0 saturated heterocycles. The van der Waals surface area contributed by atoms with Crippen molar-refractivity contribution in [3.05, 3.63) is 0 Å². The Morgan fingerprint density at radius 2 is 2.00 bits per heavy atom. The summed E-state index contributed by atoms with van der Waals surface area (Å²) >= 11 is 1.75. The number of nitrogens with one attached hydrogen (secondary N) is 1. The van der Waals surface area contributed by atoms with Gasteiger partial charge < -0.3 is 14.8 Å². The number of hydrogen-bond donors (Lipinski definition) is 1. The number of carbonyl (C=O) groups excluding carboxylic acids is 1. The van der Waals surface area contributed by atoms with E-state index in [9.17, 15) is 4.79 Å². The van der Waals surface area contributed by atoms with E-state index in [4.69, 9.17) is 4.74 Å². The molecule has 16 heavy (non-hydrogen) atoms. The first-order valence-corrected chi connectivity index (χ1v) is 6.68. The Hall–Kier alpha value is -0.260. The molecule has 0 saturated carbocycles. The maximum Gasteiger partial charge on any atom is 0.306 e. The molecule has 0 aliphatic heterocycles. The van der Waals surface area contributed by atoms with Crippen LogP contribution in [0.15, 0.2) is 0 Å². The fourth-order valence-electron chi connectivity index (χ4n) is 1.09. The third-order valence-corrected chi connectivity index (χ3v) is 3.45. The van der Waals surface area contributed by atoms with Gasteiger partial charge in [-0.2, -0.15) is 11.8 Å². The van der Waals surface area contributed by atoms with Gasteiger partial charge in [0.05, 0.1) is 19.6 Å². The standard InChI is InChI=1S/C11H23NO3S/c1-9(10(2)14-3)12-6-8-16-7-5-11(13)15-4/h9-10,12H,5-8H2,1-4H3. The van der Waals surface area contributed by atoms with Gasteiger partial charge in [-0.3, -0.25) is 4.79 Å². The summed E-state index contributed by atoms with van der Waals surface area (Å²) in [4.78, 5) is 10.8. The number of methoxy groups -OCH3 is 2. The molecule has 0 bridgehead atoms. The van der Waals surface area contributed by atoms with Crippen molar-refractivity contribution in [1.82, 2.24) is 5.32 Å². The minimum absolute atomic E-state index is 0.137. The van der Waals surface area contributed by atoms with Crippen molar-refractivity contribution in [2.75, 3.05) is 32.3 Å². The highest BCUT2D eigenvalue weighted by atomic mass is 32.2. The fourth-order valence-corrected chi connectivity index (χ4v) is 1.87. The molecule has 0 rings (SSSR count). The lowest BCUT2D eigenvalue weighted by Crippen LogP contribution is -2.37. The van der Waals surface area contributed by atoms with Gasteiger partial charge in [-0.05, 0) is 13.8 Å². The largest absolute Gasteiger partial charge is 0.469 e. The lowest BCUT2D eigenvalue weighted by Gasteiger charge is -2.19. The van der Waals surface area contributed by atoms with Gasteiger partial charge >= 0.3 is 5.97 Å². The SMILES string of the molecule is COC(=O)CCSCCNC(C)C(C)OC. The summed E-state index contributed by atoms with van der Waals surface area (Å²) < 4.78 is 9.76. The molecule has 0 heterocycles. The Bertz CT molecular complexity index is 190. The van der Waals surface area contributed by atoms with Crippen LogP contribution in [-0.2, 0) is 14.3 Å². The molecule has 5 heteroatoms. The highest BCUT2D eigenvalue weighted by molar-refractivity contribution is 7.99.